The van der Waals surface area contributed by atoms with Crippen molar-refractivity contribution in [1.82, 2.24) is 9.97 Å². The third-order valence-corrected chi connectivity index (χ3v) is 2.29. The number of hydrogen-bond donors (Lipinski definition) is 0. The van der Waals surface area contributed by atoms with E-state index in [2.05, 4.69) is 23.8 Å². The average Bonchev–Trinajstić information content (AvgIpc) is 2.63. The largest absolute Gasteiger partial charge is 0.489 e. The van der Waals surface area contributed by atoms with Gasteiger partial charge in [-0.3, -0.25) is 0 Å². The Morgan fingerprint density at radius 1 is 1.23 bits per heavy atom. The lowest BCUT2D eigenvalue weighted by atomic mass is 10.2. The molecule has 0 atom stereocenters. The van der Waals surface area contributed by atoms with Crippen molar-refractivity contribution in [2.75, 3.05) is 6.61 Å². The Bertz CT molecular complexity index is 323. The van der Waals surface area contributed by atoms with E-state index in [1.165, 1.54) is 0 Å². The van der Waals surface area contributed by atoms with Crippen molar-refractivity contribution in [3.8, 4) is 5.75 Å². The van der Waals surface area contributed by atoms with Gasteiger partial charge >= 0.3 is 0 Å². The van der Waals surface area contributed by atoms with Crippen molar-refractivity contribution in [3.63, 3.8) is 0 Å². The zero-order valence-corrected chi connectivity index (χ0v) is 8.13. The quantitative estimate of drug-likeness (QED) is 0.689. The molecular weight excluding hydrogens is 164 g/mol. The lowest BCUT2D eigenvalue weighted by molar-refractivity contribution is 0.352. The van der Waals surface area contributed by atoms with Gasteiger partial charge in [0.1, 0.15) is 5.82 Å². The minimum absolute atomic E-state index is 0.768. The molecule has 1 aromatic heterocycles. The molecule has 0 N–H and O–H groups in total. The van der Waals surface area contributed by atoms with E-state index in [0.29, 0.717) is 0 Å². The average molecular weight is 178 g/mol. The van der Waals surface area contributed by atoms with E-state index in [1.807, 2.05) is 0 Å². The first-order valence-electron chi connectivity index (χ1n) is 4.86. The highest BCUT2D eigenvalue weighted by atomic mass is 16.5. The fourth-order valence-electron chi connectivity index (χ4n) is 1.59. The molecule has 0 radical (unpaired) electrons. The van der Waals surface area contributed by atoms with E-state index in [1.54, 1.807) is 0 Å². The maximum absolute atomic E-state index is 5.49. The molecule has 0 aliphatic carbocycles. The predicted molar refractivity (Wildman–Crippen MR) is 50.0 cm³/mol. The van der Waals surface area contributed by atoms with E-state index in [0.717, 1.165) is 48.8 Å². The van der Waals surface area contributed by atoms with Crippen molar-refractivity contribution in [2.24, 2.45) is 0 Å². The van der Waals surface area contributed by atoms with Crippen LogP contribution in [0.1, 0.15) is 31.1 Å². The second-order valence-corrected chi connectivity index (χ2v) is 3.17. The Morgan fingerprint density at radius 2 is 2.08 bits per heavy atom. The molecule has 2 rings (SSSR count). The SMILES string of the molecule is CCc1nc(CC)c2c(n1)CCO2. The highest BCUT2D eigenvalue weighted by Gasteiger charge is 2.19. The Balaban J connectivity index is 2.49. The van der Waals surface area contributed by atoms with Crippen molar-refractivity contribution < 1.29 is 4.74 Å². The number of hydrogen-bond acceptors (Lipinski definition) is 3. The van der Waals surface area contributed by atoms with E-state index >= 15 is 0 Å². The predicted octanol–water partition coefficient (Wildman–Crippen LogP) is 1.54. The van der Waals surface area contributed by atoms with Gasteiger partial charge in [0.2, 0.25) is 0 Å². The number of ether oxygens (including phenoxy) is 1. The summed E-state index contributed by atoms with van der Waals surface area (Å²) in [5.41, 5.74) is 2.17. The molecule has 0 saturated heterocycles. The van der Waals surface area contributed by atoms with Gasteiger partial charge in [0.05, 0.1) is 18.0 Å². The van der Waals surface area contributed by atoms with Crippen LogP contribution >= 0.6 is 0 Å². The number of aryl methyl sites for hydroxylation is 2. The zero-order chi connectivity index (χ0) is 9.26. The molecule has 1 aromatic rings. The number of rotatable bonds is 2. The standard InChI is InChI=1S/C10H14N2O/c1-3-7-10-8(5-6-13-10)12-9(4-2)11-7/h3-6H2,1-2H3. The molecule has 0 saturated carbocycles. The van der Waals surface area contributed by atoms with Crippen LogP contribution in [0.2, 0.25) is 0 Å². The molecule has 0 amide bonds. The van der Waals surface area contributed by atoms with Crippen LogP contribution in [0.25, 0.3) is 0 Å². The van der Waals surface area contributed by atoms with Crippen molar-refractivity contribution in [3.05, 3.63) is 17.2 Å². The minimum Gasteiger partial charge on any atom is -0.489 e. The van der Waals surface area contributed by atoms with Gasteiger partial charge in [-0.25, -0.2) is 9.97 Å². The van der Waals surface area contributed by atoms with Gasteiger partial charge in [-0.15, -0.1) is 0 Å². The first kappa shape index (κ1) is 8.48. The summed E-state index contributed by atoms with van der Waals surface area (Å²) in [5, 5.41) is 0. The topological polar surface area (TPSA) is 35.0 Å². The molecule has 3 heteroatoms. The maximum atomic E-state index is 5.49. The third kappa shape index (κ3) is 1.39. The summed E-state index contributed by atoms with van der Waals surface area (Å²) in [5.74, 6) is 1.89. The van der Waals surface area contributed by atoms with Gasteiger partial charge in [0.25, 0.3) is 0 Å². The maximum Gasteiger partial charge on any atom is 0.162 e. The van der Waals surface area contributed by atoms with Crippen LogP contribution in [0.3, 0.4) is 0 Å². The molecule has 3 nitrogen and oxygen atoms in total. The monoisotopic (exact) mass is 178 g/mol. The lowest BCUT2D eigenvalue weighted by Crippen LogP contribution is -2.01. The second-order valence-electron chi connectivity index (χ2n) is 3.17. The fraction of sp³-hybridized carbons (Fsp3) is 0.600. The van der Waals surface area contributed by atoms with Crippen LogP contribution in [0, 0.1) is 0 Å². The lowest BCUT2D eigenvalue weighted by Gasteiger charge is -2.05. The Morgan fingerprint density at radius 3 is 2.77 bits per heavy atom. The summed E-state index contributed by atoms with van der Waals surface area (Å²) in [4.78, 5) is 8.89. The molecule has 13 heavy (non-hydrogen) atoms. The van der Waals surface area contributed by atoms with E-state index in [9.17, 15) is 0 Å². The van der Waals surface area contributed by atoms with E-state index in [4.69, 9.17) is 4.74 Å². The smallest absolute Gasteiger partial charge is 0.162 e. The normalized spacial score (nSPS) is 14.0. The first-order chi connectivity index (χ1) is 6.35. The molecule has 70 valence electrons. The molecule has 2 heterocycles. The Labute approximate surface area is 78.2 Å². The summed E-state index contributed by atoms with van der Waals surface area (Å²) in [6.07, 6.45) is 2.77. The van der Waals surface area contributed by atoms with Gasteiger partial charge < -0.3 is 4.74 Å². The highest BCUT2D eigenvalue weighted by molar-refractivity contribution is 5.36. The fourth-order valence-corrected chi connectivity index (χ4v) is 1.59. The molecule has 0 aromatic carbocycles. The number of fused-ring (bicyclic) bond motifs is 1. The summed E-state index contributed by atoms with van der Waals surface area (Å²) < 4.78 is 5.49. The van der Waals surface area contributed by atoms with Gasteiger partial charge in [-0.2, -0.15) is 0 Å². The summed E-state index contributed by atoms with van der Waals surface area (Å²) in [7, 11) is 0. The molecule has 0 spiro atoms. The second kappa shape index (κ2) is 3.32. The van der Waals surface area contributed by atoms with E-state index in [-0.39, 0.29) is 0 Å². The number of aromatic nitrogens is 2. The van der Waals surface area contributed by atoms with Gasteiger partial charge in [0.15, 0.2) is 5.75 Å². The van der Waals surface area contributed by atoms with Gasteiger partial charge in [0, 0.05) is 12.8 Å². The van der Waals surface area contributed by atoms with Crippen molar-refractivity contribution in [2.45, 2.75) is 33.1 Å². The molecule has 1 aliphatic rings. The summed E-state index contributed by atoms with van der Waals surface area (Å²) >= 11 is 0. The number of nitrogens with zero attached hydrogens (tertiary/aromatic N) is 2. The molecule has 0 fully saturated rings. The third-order valence-electron chi connectivity index (χ3n) is 2.29. The van der Waals surface area contributed by atoms with Gasteiger partial charge in [-0.05, 0) is 6.42 Å². The van der Waals surface area contributed by atoms with Crippen LogP contribution in [-0.2, 0) is 19.3 Å². The minimum atomic E-state index is 0.768. The van der Waals surface area contributed by atoms with Crippen LogP contribution in [-0.4, -0.2) is 16.6 Å². The first-order valence-corrected chi connectivity index (χ1v) is 4.86. The van der Waals surface area contributed by atoms with Crippen LogP contribution in [0.15, 0.2) is 0 Å². The summed E-state index contributed by atoms with van der Waals surface area (Å²) in [6.45, 7) is 4.95. The zero-order valence-electron chi connectivity index (χ0n) is 8.13. The molecule has 0 unspecified atom stereocenters. The van der Waals surface area contributed by atoms with Crippen molar-refractivity contribution >= 4 is 0 Å². The molecule has 0 bridgehead atoms. The van der Waals surface area contributed by atoms with E-state index < -0.39 is 0 Å². The van der Waals surface area contributed by atoms with Crippen LogP contribution in [0.5, 0.6) is 5.75 Å². The van der Waals surface area contributed by atoms with Crippen LogP contribution in [0.4, 0.5) is 0 Å². The summed E-state index contributed by atoms with van der Waals surface area (Å²) in [6, 6.07) is 0. The van der Waals surface area contributed by atoms with Crippen LogP contribution < -0.4 is 4.74 Å². The Kier molecular flexibility index (Phi) is 2.17. The Hall–Kier alpha value is -1.12. The van der Waals surface area contributed by atoms with Crippen molar-refractivity contribution in [1.29, 1.82) is 0 Å². The highest BCUT2D eigenvalue weighted by Crippen LogP contribution is 2.27. The van der Waals surface area contributed by atoms with Gasteiger partial charge in [-0.1, -0.05) is 13.8 Å². The molecular formula is C10H14N2O. The molecule has 1 aliphatic heterocycles.